The van der Waals surface area contributed by atoms with E-state index in [0.29, 0.717) is 0 Å². The summed E-state index contributed by atoms with van der Waals surface area (Å²) in [6, 6.07) is 46.2. The second-order valence-electron chi connectivity index (χ2n) is 9.76. The predicted octanol–water partition coefficient (Wildman–Crippen LogP) is 9.96. The van der Waals surface area contributed by atoms with Crippen molar-refractivity contribution in [3.05, 3.63) is 181 Å². The minimum Gasteiger partial charge on any atom is -0.693 e. The molecule has 5 rings (SSSR count). The molecule has 0 atom stereocenters. The Kier molecular flexibility index (Phi) is 14.6. The fraction of sp³-hybridized carbons (Fsp3) is 0.135. The smallest absolute Gasteiger partial charge is 0.693 e. The van der Waals surface area contributed by atoms with Crippen molar-refractivity contribution in [2.24, 2.45) is 0 Å². The summed E-state index contributed by atoms with van der Waals surface area (Å²) in [5, 5.41) is 9.51. The molecule has 5 aromatic rings. The minimum atomic E-state index is -0.226. The van der Waals surface area contributed by atoms with Crippen LogP contribution in [0.1, 0.15) is 22.9 Å². The van der Waals surface area contributed by atoms with Gasteiger partial charge in [-0.1, -0.05) is 132 Å². The Morgan fingerprint density at radius 3 is 1.07 bits per heavy atom. The van der Waals surface area contributed by atoms with E-state index in [1.165, 1.54) is 11.4 Å². The summed E-state index contributed by atoms with van der Waals surface area (Å²) in [4.78, 5) is 4.12. The summed E-state index contributed by atoms with van der Waals surface area (Å²) in [6.07, 6.45) is -0.226. The van der Waals surface area contributed by atoms with Gasteiger partial charge >= 0.3 is 17.4 Å². The van der Waals surface area contributed by atoms with Gasteiger partial charge in [0.05, 0.1) is 0 Å². The average molecular weight is 593 g/mol. The number of hydrogen-bond donors (Lipinski definition) is 0. The normalized spacial score (nSPS) is 9.64. The van der Waals surface area contributed by atoms with Crippen molar-refractivity contribution in [3.63, 3.8) is 0 Å². The maximum Gasteiger partial charge on any atom is 4.00 e. The van der Waals surface area contributed by atoms with E-state index in [9.17, 15) is 0 Å². The van der Waals surface area contributed by atoms with Crippen LogP contribution in [0.5, 0.6) is 0 Å². The van der Waals surface area contributed by atoms with Gasteiger partial charge in [-0.25, -0.2) is 0 Å². The van der Waals surface area contributed by atoms with E-state index in [4.69, 9.17) is 10.6 Å². The van der Waals surface area contributed by atoms with E-state index in [2.05, 4.69) is 47.9 Å². The van der Waals surface area contributed by atoms with Gasteiger partial charge in [-0.05, 0) is 28.2 Å². The summed E-state index contributed by atoms with van der Waals surface area (Å²) < 4.78 is 0. The van der Waals surface area contributed by atoms with Crippen molar-refractivity contribution < 1.29 is 17.4 Å². The fourth-order valence-corrected chi connectivity index (χ4v) is 4.01. The third-order valence-electron chi connectivity index (χ3n) is 6.10. The van der Waals surface area contributed by atoms with Gasteiger partial charge in [0.1, 0.15) is 0 Å². The Bertz CT molecular complexity index is 1320. The van der Waals surface area contributed by atoms with Crippen molar-refractivity contribution in [1.29, 1.82) is 0 Å². The van der Waals surface area contributed by atoms with Crippen LogP contribution >= 0.6 is 0 Å². The molecule has 4 nitrogen and oxygen atoms in total. The number of hydrogen-bond acceptors (Lipinski definition) is 2. The molecule has 42 heavy (non-hydrogen) atoms. The van der Waals surface area contributed by atoms with Crippen LogP contribution in [0.4, 0.5) is 22.7 Å². The number of anilines is 2. The van der Waals surface area contributed by atoms with Gasteiger partial charge < -0.3 is 20.4 Å². The molecule has 0 amide bonds. The fourth-order valence-electron chi connectivity index (χ4n) is 4.01. The van der Waals surface area contributed by atoms with Crippen molar-refractivity contribution in [1.82, 2.24) is 0 Å². The van der Waals surface area contributed by atoms with Crippen LogP contribution in [0.3, 0.4) is 0 Å². The van der Waals surface area contributed by atoms with E-state index in [0.717, 1.165) is 28.1 Å². The van der Waals surface area contributed by atoms with Crippen LogP contribution in [0.2, 0.25) is 0 Å². The molecular weight excluding hydrogens is 552 g/mol. The summed E-state index contributed by atoms with van der Waals surface area (Å²) in [5.41, 5.74) is 7.48. The molecule has 214 valence electrons. The number of nitrogens with zero attached hydrogens (tertiary/aromatic N) is 4. The van der Waals surface area contributed by atoms with Gasteiger partial charge in [0, 0.05) is 0 Å². The zero-order valence-electron chi connectivity index (χ0n) is 25.0. The molecule has 0 fully saturated rings. The summed E-state index contributed by atoms with van der Waals surface area (Å²) in [7, 11) is 8.07. The Labute approximate surface area is 264 Å². The van der Waals surface area contributed by atoms with E-state index >= 15 is 0 Å². The molecule has 0 unspecified atom stereocenters. The van der Waals surface area contributed by atoms with Crippen molar-refractivity contribution in [2.75, 3.05) is 38.0 Å². The Morgan fingerprint density at radius 2 is 0.762 bits per heavy atom. The standard InChI is InChI=1S/C19H16N2.2C9H12N.Cr/c1-4-10-16(11-5-1)19(20-17-12-6-2-7-13-17)21-18-14-8-3-9-15-18;2*1-8-6-4-5-7-9(8)10(2)3;/h1-15,19H;2*4-7H,1H2,2-3H3;/q-2;2*-1;+4. The third kappa shape index (κ3) is 11.2. The Balaban J connectivity index is 0.000000247. The Morgan fingerprint density at radius 1 is 0.452 bits per heavy atom. The maximum absolute atomic E-state index is 4.76. The molecule has 5 heteroatoms. The van der Waals surface area contributed by atoms with Gasteiger partial charge in [0.25, 0.3) is 0 Å². The van der Waals surface area contributed by atoms with Crippen LogP contribution < -0.4 is 9.80 Å². The van der Waals surface area contributed by atoms with Gasteiger partial charge in [-0.3, -0.25) is 0 Å². The van der Waals surface area contributed by atoms with Crippen LogP contribution in [0.25, 0.3) is 10.6 Å². The van der Waals surface area contributed by atoms with Crippen LogP contribution in [-0.2, 0) is 17.4 Å². The predicted molar refractivity (Wildman–Crippen MR) is 179 cm³/mol. The average Bonchev–Trinajstić information content (AvgIpc) is 2.99. The molecule has 0 radical (unpaired) electrons. The summed E-state index contributed by atoms with van der Waals surface area (Å²) in [6.45, 7) is 7.80. The number of para-hydroxylation sites is 4. The molecule has 5 aromatic carbocycles. The summed E-state index contributed by atoms with van der Waals surface area (Å²) >= 11 is 0. The topological polar surface area (TPSA) is 34.7 Å². The second-order valence-corrected chi connectivity index (χ2v) is 9.76. The van der Waals surface area contributed by atoms with Gasteiger partial charge in [0.15, 0.2) is 0 Å². The molecule has 0 heterocycles. The molecule has 0 aliphatic heterocycles. The summed E-state index contributed by atoms with van der Waals surface area (Å²) in [5.74, 6) is 0. The molecule has 0 bridgehead atoms. The van der Waals surface area contributed by atoms with E-state index in [1.807, 2.05) is 143 Å². The molecule has 0 N–H and O–H groups in total. The zero-order chi connectivity index (χ0) is 29.5. The molecule has 0 spiro atoms. The van der Waals surface area contributed by atoms with Crippen LogP contribution in [0, 0.1) is 13.8 Å². The van der Waals surface area contributed by atoms with Crippen molar-refractivity contribution in [3.8, 4) is 0 Å². The maximum atomic E-state index is 4.76. The molecule has 0 saturated carbocycles. The third-order valence-corrected chi connectivity index (χ3v) is 6.10. The van der Waals surface area contributed by atoms with E-state index in [1.54, 1.807) is 0 Å². The first-order valence-corrected chi connectivity index (χ1v) is 13.6. The van der Waals surface area contributed by atoms with Crippen LogP contribution in [0.15, 0.2) is 140 Å². The number of benzene rings is 5. The quantitative estimate of drug-likeness (QED) is 0.176. The largest absolute Gasteiger partial charge is 4.00 e. The minimum absolute atomic E-state index is 0. The SMILES string of the molecule is [CH2-]c1ccccc1N(C)C.[CH2-]c1ccccc1N(C)C.[Cr+4].c1ccc([N-]C([N-]c2ccccc2)c2ccccc2)cc1. The molecule has 0 aromatic heterocycles. The van der Waals surface area contributed by atoms with Gasteiger partial charge in [-0.2, -0.15) is 43.3 Å². The molecule has 0 aliphatic carbocycles. The van der Waals surface area contributed by atoms with Crippen molar-refractivity contribution >= 4 is 22.7 Å². The van der Waals surface area contributed by atoms with Crippen LogP contribution in [-0.4, -0.2) is 28.2 Å². The first-order valence-electron chi connectivity index (χ1n) is 13.6. The molecule has 0 saturated heterocycles. The van der Waals surface area contributed by atoms with E-state index < -0.39 is 0 Å². The first-order chi connectivity index (χ1) is 19.8. The van der Waals surface area contributed by atoms with Gasteiger partial charge in [0.2, 0.25) is 0 Å². The monoisotopic (exact) mass is 592 g/mol. The van der Waals surface area contributed by atoms with E-state index in [-0.39, 0.29) is 23.5 Å². The van der Waals surface area contributed by atoms with Gasteiger partial charge in [-0.15, -0.1) is 23.5 Å². The molecular formula is C37H40CrN4. The number of rotatable bonds is 7. The zero-order valence-corrected chi connectivity index (χ0v) is 26.2. The first kappa shape index (κ1) is 33.8. The second kappa shape index (κ2) is 18.1. The van der Waals surface area contributed by atoms with Crippen molar-refractivity contribution in [2.45, 2.75) is 6.17 Å². The Hall–Kier alpha value is -4.43. The molecule has 0 aliphatic rings.